The molecule has 0 saturated carbocycles. The molecule has 0 bridgehead atoms. The number of anilines is 1. The van der Waals surface area contributed by atoms with Gasteiger partial charge in [0.2, 0.25) is 5.91 Å². The van der Waals surface area contributed by atoms with Crippen LogP contribution in [0, 0.1) is 0 Å². The number of ether oxygens (including phenoxy) is 2. The van der Waals surface area contributed by atoms with Crippen LogP contribution in [0.15, 0.2) is 58.5 Å². The van der Waals surface area contributed by atoms with E-state index in [2.05, 4.69) is 15.0 Å². The molecular formula is C22H22F3N3O4S. The molecule has 7 nitrogen and oxygen atoms in total. The van der Waals surface area contributed by atoms with Crippen molar-refractivity contribution in [1.29, 1.82) is 0 Å². The maximum absolute atomic E-state index is 13.1. The van der Waals surface area contributed by atoms with Crippen molar-refractivity contribution < 1.29 is 27.4 Å². The molecule has 33 heavy (non-hydrogen) atoms. The second-order valence-electron chi connectivity index (χ2n) is 7.21. The molecular weight excluding hydrogens is 459 g/mol. The number of carbonyl (C=O) groups excluding carboxylic acids is 1. The van der Waals surface area contributed by atoms with Crippen molar-refractivity contribution in [2.24, 2.45) is 0 Å². The van der Waals surface area contributed by atoms with E-state index in [1.54, 1.807) is 31.2 Å². The van der Waals surface area contributed by atoms with Crippen LogP contribution < -0.4 is 15.6 Å². The van der Waals surface area contributed by atoms with Crippen LogP contribution in [0.25, 0.3) is 10.9 Å². The number of hydrogen-bond donors (Lipinski definition) is 1. The van der Waals surface area contributed by atoms with E-state index in [0.29, 0.717) is 21.7 Å². The molecule has 1 heterocycles. The molecule has 0 aliphatic heterocycles. The number of para-hydroxylation sites is 1. The fourth-order valence-corrected chi connectivity index (χ4v) is 4.12. The first-order valence-electron chi connectivity index (χ1n) is 9.92. The fourth-order valence-electron chi connectivity index (χ4n) is 3.11. The van der Waals surface area contributed by atoms with E-state index < -0.39 is 17.5 Å². The summed E-state index contributed by atoms with van der Waals surface area (Å²) < 4.78 is 47.4. The van der Waals surface area contributed by atoms with Crippen LogP contribution in [-0.2, 0) is 9.53 Å². The standard InChI is InChI=1S/C22H22F3N3O4S/c1-13(12-31-3)28-20(30)17-6-4-5-7-18(17)27-21(28)33-14(2)19(29)26-15-8-10-16(11-9-15)32-22(23,24)25/h4-11,13-14H,12H2,1-3H3,(H,26,29). The molecule has 1 amide bonds. The van der Waals surface area contributed by atoms with E-state index in [0.717, 1.165) is 23.9 Å². The zero-order valence-corrected chi connectivity index (χ0v) is 18.9. The van der Waals surface area contributed by atoms with Gasteiger partial charge in [-0.15, -0.1) is 13.2 Å². The summed E-state index contributed by atoms with van der Waals surface area (Å²) in [5, 5.41) is 2.80. The number of carbonyl (C=O) groups is 1. The van der Waals surface area contributed by atoms with Crippen LogP contribution in [0.4, 0.5) is 18.9 Å². The van der Waals surface area contributed by atoms with Crippen molar-refractivity contribution in [2.45, 2.75) is 36.7 Å². The number of alkyl halides is 3. The Morgan fingerprint density at radius 1 is 1.15 bits per heavy atom. The SMILES string of the molecule is COCC(C)n1c(SC(C)C(=O)Nc2ccc(OC(F)(F)F)cc2)nc2ccccc2c1=O. The molecule has 0 radical (unpaired) electrons. The maximum atomic E-state index is 13.1. The third-order valence-electron chi connectivity index (χ3n) is 4.63. The zero-order chi connectivity index (χ0) is 24.2. The maximum Gasteiger partial charge on any atom is 0.573 e. The second-order valence-corrected chi connectivity index (χ2v) is 8.52. The molecule has 1 aromatic heterocycles. The Labute approximate surface area is 191 Å². The number of hydrogen-bond acceptors (Lipinski definition) is 6. The number of methoxy groups -OCH3 is 1. The lowest BCUT2D eigenvalue weighted by molar-refractivity contribution is -0.274. The van der Waals surface area contributed by atoms with E-state index >= 15 is 0 Å². The molecule has 1 N–H and O–H groups in total. The second kappa shape index (κ2) is 10.3. The fraction of sp³-hybridized carbons (Fsp3) is 0.318. The molecule has 11 heteroatoms. The highest BCUT2D eigenvalue weighted by Gasteiger charge is 2.31. The van der Waals surface area contributed by atoms with Gasteiger partial charge in [-0.25, -0.2) is 4.98 Å². The Bertz CT molecular complexity index is 1180. The summed E-state index contributed by atoms with van der Waals surface area (Å²) in [6.45, 7) is 3.74. The van der Waals surface area contributed by atoms with Crippen LogP contribution in [0.5, 0.6) is 5.75 Å². The van der Waals surface area contributed by atoms with Crippen LogP contribution >= 0.6 is 11.8 Å². The number of amides is 1. The van der Waals surface area contributed by atoms with Gasteiger partial charge >= 0.3 is 6.36 Å². The third-order valence-corrected chi connectivity index (χ3v) is 5.70. The summed E-state index contributed by atoms with van der Waals surface area (Å²) in [6, 6.07) is 11.4. The first kappa shape index (κ1) is 24.6. The Hall–Kier alpha value is -3.05. The number of halogens is 3. The van der Waals surface area contributed by atoms with Crippen LogP contribution in [0.3, 0.4) is 0 Å². The lowest BCUT2D eigenvalue weighted by Gasteiger charge is -2.20. The monoisotopic (exact) mass is 481 g/mol. The van der Waals surface area contributed by atoms with Gasteiger partial charge in [0.15, 0.2) is 5.16 Å². The Morgan fingerprint density at radius 3 is 2.45 bits per heavy atom. The number of nitrogens with one attached hydrogen (secondary N) is 1. The van der Waals surface area contributed by atoms with E-state index in [-0.39, 0.29) is 24.0 Å². The van der Waals surface area contributed by atoms with Gasteiger partial charge in [-0.2, -0.15) is 0 Å². The van der Waals surface area contributed by atoms with Crippen molar-refractivity contribution in [3.63, 3.8) is 0 Å². The quantitative estimate of drug-likeness (QED) is 0.373. The topological polar surface area (TPSA) is 82.4 Å². The number of benzene rings is 2. The van der Waals surface area contributed by atoms with Gasteiger partial charge in [-0.1, -0.05) is 23.9 Å². The van der Waals surface area contributed by atoms with Crippen molar-refractivity contribution in [2.75, 3.05) is 19.0 Å². The molecule has 2 atom stereocenters. The van der Waals surface area contributed by atoms with Crippen LogP contribution in [0.2, 0.25) is 0 Å². The molecule has 0 spiro atoms. The van der Waals surface area contributed by atoms with Crippen LogP contribution in [0.1, 0.15) is 19.9 Å². The third kappa shape index (κ3) is 6.26. The Kier molecular flexibility index (Phi) is 7.65. The minimum absolute atomic E-state index is 0.236. The summed E-state index contributed by atoms with van der Waals surface area (Å²) in [7, 11) is 1.53. The predicted octanol–water partition coefficient (Wildman–Crippen LogP) is 4.62. The number of fused-ring (bicyclic) bond motifs is 1. The lowest BCUT2D eigenvalue weighted by Crippen LogP contribution is -2.30. The highest BCUT2D eigenvalue weighted by atomic mass is 32.2. The highest BCUT2D eigenvalue weighted by molar-refractivity contribution is 8.00. The first-order valence-corrected chi connectivity index (χ1v) is 10.8. The summed E-state index contributed by atoms with van der Waals surface area (Å²) >= 11 is 1.10. The summed E-state index contributed by atoms with van der Waals surface area (Å²) in [6.07, 6.45) is -4.79. The van der Waals surface area contributed by atoms with Gasteiger partial charge in [0.1, 0.15) is 5.75 Å². The zero-order valence-electron chi connectivity index (χ0n) is 18.1. The molecule has 3 rings (SSSR count). The molecule has 2 aromatic carbocycles. The summed E-state index contributed by atoms with van der Waals surface area (Å²) in [5.41, 5.74) is 0.581. The summed E-state index contributed by atoms with van der Waals surface area (Å²) in [4.78, 5) is 30.4. The molecule has 0 aliphatic carbocycles. The van der Waals surface area contributed by atoms with Crippen LogP contribution in [-0.4, -0.2) is 40.8 Å². The predicted molar refractivity (Wildman–Crippen MR) is 120 cm³/mol. The molecule has 3 aromatic rings. The van der Waals surface area contributed by atoms with Crippen molar-refractivity contribution in [1.82, 2.24) is 9.55 Å². The van der Waals surface area contributed by atoms with E-state index in [1.807, 2.05) is 6.92 Å². The molecule has 0 saturated heterocycles. The van der Waals surface area contributed by atoms with Gasteiger partial charge in [-0.3, -0.25) is 14.2 Å². The van der Waals surface area contributed by atoms with Crippen molar-refractivity contribution >= 4 is 34.3 Å². The normalized spacial score (nSPS) is 13.5. The highest BCUT2D eigenvalue weighted by Crippen LogP contribution is 2.27. The molecule has 0 fully saturated rings. The minimum atomic E-state index is -4.79. The number of thioether (sulfide) groups is 1. The Balaban J connectivity index is 1.80. The van der Waals surface area contributed by atoms with E-state index in [1.165, 1.54) is 23.8 Å². The largest absolute Gasteiger partial charge is 0.573 e. The molecule has 176 valence electrons. The van der Waals surface area contributed by atoms with E-state index in [9.17, 15) is 22.8 Å². The first-order chi connectivity index (χ1) is 15.6. The van der Waals surface area contributed by atoms with Gasteiger partial charge in [0.25, 0.3) is 5.56 Å². The molecule has 2 unspecified atom stereocenters. The van der Waals surface area contributed by atoms with E-state index in [4.69, 9.17) is 4.74 Å². The summed E-state index contributed by atoms with van der Waals surface area (Å²) in [5.74, 6) is -0.794. The average molecular weight is 481 g/mol. The van der Waals surface area contributed by atoms with Gasteiger partial charge in [-0.05, 0) is 50.2 Å². The smallest absolute Gasteiger partial charge is 0.406 e. The van der Waals surface area contributed by atoms with Gasteiger partial charge < -0.3 is 14.8 Å². The van der Waals surface area contributed by atoms with Gasteiger partial charge in [0, 0.05) is 12.8 Å². The van der Waals surface area contributed by atoms with Crippen molar-refractivity contribution in [3.05, 3.63) is 58.9 Å². The Morgan fingerprint density at radius 2 is 1.82 bits per heavy atom. The number of nitrogens with zero attached hydrogens (tertiary/aromatic N) is 2. The number of aromatic nitrogens is 2. The average Bonchev–Trinajstić information content (AvgIpc) is 2.74. The molecule has 0 aliphatic rings. The van der Waals surface area contributed by atoms with Crippen molar-refractivity contribution in [3.8, 4) is 5.75 Å². The number of rotatable bonds is 8. The van der Waals surface area contributed by atoms with Gasteiger partial charge in [0.05, 0.1) is 28.8 Å². The minimum Gasteiger partial charge on any atom is -0.406 e. The lowest BCUT2D eigenvalue weighted by atomic mass is 10.2.